The molecule has 0 saturated carbocycles. The first kappa shape index (κ1) is 20.9. The predicted octanol–water partition coefficient (Wildman–Crippen LogP) is 1.53. The molecule has 3 aromatic rings. The van der Waals surface area contributed by atoms with Crippen LogP contribution in [-0.2, 0) is 17.1 Å². The molecule has 3 rings (SSSR count). The first-order valence-electron chi connectivity index (χ1n) is 9.29. The highest BCUT2D eigenvalue weighted by atomic mass is 32.2. The van der Waals surface area contributed by atoms with Crippen molar-refractivity contribution < 1.29 is 8.42 Å². The van der Waals surface area contributed by atoms with E-state index in [0.29, 0.717) is 18.2 Å². The summed E-state index contributed by atoms with van der Waals surface area (Å²) < 4.78 is 31.1. The first-order valence-corrected chi connectivity index (χ1v) is 10.8. The lowest BCUT2D eigenvalue weighted by Gasteiger charge is -2.09. The molecule has 0 fully saturated rings. The Morgan fingerprint density at radius 1 is 1.14 bits per heavy atom. The molecule has 3 aromatic heterocycles. The number of aryl methyl sites for hydroxylation is 2. The van der Waals surface area contributed by atoms with Crippen molar-refractivity contribution in [2.24, 2.45) is 7.05 Å². The van der Waals surface area contributed by atoms with E-state index in [1.54, 1.807) is 24.0 Å². The van der Waals surface area contributed by atoms with Crippen molar-refractivity contribution >= 4 is 15.8 Å². The molecule has 0 aliphatic rings. The van der Waals surface area contributed by atoms with Crippen LogP contribution in [0.2, 0.25) is 0 Å². The fraction of sp³-hybridized carbons (Fsp3) is 0.444. The van der Waals surface area contributed by atoms with Crippen LogP contribution in [0.5, 0.6) is 0 Å². The Morgan fingerprint density at radius 2 is 1.90 bits per heavy atom. The quantitative estimate of drug-likeness (QED) is 0.532. The first-order chi connectivity index (χ1) is 13.7. The molecule has 11 heteroatoms. The summed E-state index contributed by atoms with van der Waals surface area (Å²) in [4.78, 5) is 17.0. The number of nitrogens with one attached hydrogen (secondary N) is 2. The number of rotatable bonds is 8. The van der Waals surface area contributed by atoms with Gasteiger partial charge >= 0.3 is 0 Å². The van der Waals surface area contributed by atoms with Gasteiger partial charge in [0.25, 0.3) is 10.0 Å². The van der Waals surface area contributed by atoms with Crippen LogP contribution in [0.3, 0.4) is 0 Å². The molecule has 0 atom stereocenters. The third-order valence-electron chi connectivity index (χ3n) is 4.56. The van der Waals surface area contributed by atoms with Crippen LogP contribution in [-0.4, -0.2) is 50.6 Å². The fourth-order valence-electron chi connectivity index (χ4n) is 2.87. The monoisotopic (exact) mass is 418 g/mol. The number of imidazole rings is 2. The summed E-state index contributed by atoms with van der Waals surface area (Å²) >= 11 is 0. The number of hydrogen-bond donors (Lipinski definition) is 2. The second kappa shape index (κ2) is 8.29. The molecule has 0 aromatic carbocycles. The molecule has 0 radical (unpaired) electrons. The second-order valence-electron chi connectivity index (χ2n) is 7.07. The summed E-state index contributed by atoms with van der Waals surface area (Å²) in [5, 5.41) is 3.13. The van der Waals surface area contributed by atoms with E-state index in [1.807, 2.05) is 32.3 Å². The number of sulfonamides is 1. The molecule has 29 heavy (non-hydrogen) atoms. The van der Waals surface area contributed by atoms with Gasteiger partial charge in [-0.05, 0) is 13.8 Å². The van der Waals surface area contributed by atoms with Crippen LogP contribution in [0.15, 0.2) is 29.9 Å². The van der Waals surface area contributed by atoms with Crippen molar-refractivity contribution in [1.82, 2.24) is 33.8 Å². The highest BCUT2D eigenvalue weighted by Gasteiger charge is 2.20. The number of nitrogens with zero attached hydrogens (tertiary/aromatic N) is 6. The Morgan fingerprint density at radius 3 is 2.52 bits per heavy atom. The molecular weight excluding hydrogens is 392 g/mol. The van der Waals surface area contributed by atoms with Crippen LogP contribution in [0.4, 0.5) is 5.82 Å². The number of anilines is 1. The molecule has 3 heterocycles. The summed E-state index contributed by atoms with van der Waals surface area (Å²) in [5.41, 5.74) is 1.93. The summed E-state index contributed by atoms with van der Waals surface area (Å²) in [7, 11) is -1.88. The SMILES string of the molecule is Cc1ncn(-c2cc(NCCNS(=O)(=O)c3cn(C)c(C(C)C)n3)ncn2)c1C. The predicted molar refractivity (Wildman–Crippen MR) is 110 cm³/mol. The van der Waals surface area contributed by atoms with Gasteiger partial charge in [-0.1, -0.05) is 13.8 Å². The Labute approximate surface area is 170 Å². The maximum Gasteiger partial charge on any atom is 0.259 e. The smallest absolute Gasteiger partial charge is 0.259 e. The van der Waals surface area contributed by atoms with Crippen molar-refractivity contribution in [2.75, 3.05) is 18.4 Å². The molecule has 0 aliphatic carbocycles. The minimum Gasteiger partial charge on any atom is -0.369 e. The van der Waals surface area contributed by atoms with E-state index in [4.69, 9.17) is 0 Å². The van der Waals surface area contributed by atoms with Gasteiger partial charge in [0.2, 0.25) is 0 Å². The summed E-state index contributed by atoms with van der Waals surface area (Å²) in [5.74, 6) is 2.15. The van der Waals surface area contributed by atoms with Gasteiger partial charge in [-0.3, -0.25) is 4.57 Å². The molecule has 2 N–H and O–H groups in total. The minimum atomic E-state index is -3.67. The van der Waals surface area contributed by atoms with Crippen LogP contribution in [0.25, 0.3) is 5.82 Å². The minimum absolute atomic E-state index is 0.0268. The molecule has 10 nitrogen and oxygen atoms in total. The van der Waals surface area contributed by atoms with E-state index in [0.717, 1.165) is 17.2 Å². The highest BCUT2D eigenvalue weighted by molar-refractivity contribution is 7.89. The molecular formula is C18H26N8O2S. The zero-order valence-electron chi connectivity index (χ0n) is 17.2. The van der Waals surface area contributed by atoms with E-state index in [9.17, 15) is 8.42 Å². The van der Waals surface area contributed by atoms with Gasteiger partial charge in [0.05, 0.1) is 5.69 Å². The van der Waals surface area contributed by atoms with E-state index >= 15 is 0 Å². The van der Waals surface area contributed by atoms with Crippen LogP contribution in [0.1, 0.15) is 37.0 Å². The molecule has 0 unspecified atom stereocenters. The van der Waals surface area contributed by atoms with Gasteiger partial charge in [0.1, 0.15) is 30.1 Å². The average Bonchev–Trinajstić information content (AvgIpc) is 3.23. The maximum absolute atomic E-state index is 12.5. The van der Waals surface area contributed by atoms with E-state index in [1.165, 1.54) is 12.5 Å². The van der Waals surface area contributed by atoms with Crippen LogP contribution in [0, 0.1) is 13.8 Å². The number of hydrogen-bond acceptors (Lipinski definition) is 7. The largest absolute Gasteiger partial charge is 0.369 e. The molecule has 156 valence electrons. The van der Waals surface area contributed by atoms with Gasteiger partial charge in [0, 0.05) is 44.0 Å². The number of aromatic nitrogens is 6. The molecule has 0 aliphatic heterocycles. The molecule has 0 bridgehead atoms. The Balaban J connectivity index is 1.60. The second-order valence-corrected chi connectivity index (χ2v) is 8.79. The van der Waals surface area contributed by atoms with E-state index < -0.39 is 10.0 Å². The van der Waals surface area contributed by atoms with Gasteiger partial charge in [-0.2, -0.15) is 0 Å². The van der Waals surface area contributed by atoms with Crippen LogP contribution >= 0.6 is 0 Å². The fourth-order valence-corrected chi connectivity index (χ4v) is 3.90. The lowest BCUT2D eigenvalue weighted by atomic mass is 10.2. The molecule has 0 amide bonds. The Bertz CT molecular complexity index is 1100. The normalized spacial score (nSPS) is 11.9. The third-order valence-corrected chi connectivity index (χ3v) is 5.89. The van der Waals surface area contributed by atoms with Crippen molar-refractivity contribution in [2.45, 2.75) is 38.6 Å². The average molecular weight is 419 g/mol. The van der Waals surface area contributed by atoms with Crippen LogP contribution < -0.4 is 10.0 Å². The summed E-state index contributed by atoms with van der Waals surface area (Å²) in [6.07, 6.45) is 4.69. The molecule has 0 saturated heterocycles. The van der Waals surface area contributed by atoms with Crippen molar-refractivity contribution in [3.8, 4) is 5.82 Å². The van der Waals surface area contributed by atoms with Crippen molar-refractivity contribution in [3.63, 3.8) is 0 Å². The zero-order chi connectivity index (χ0) is 21.2. The van der Waals surface area contributed by atoms with Crippen molar-refractivity contribution in [3.05, 3.63) is 42.1 Å². The molecule has 0 spiro atoms. The van der Waals surface area contributed by atoms with Gasteiger partial charge in [0.15, 0.2) is 5.03 Å². The zero-order valence-corrected chi connectivity index (χ0v) is 18.0. The third kappa shape index (κ3) is 4.62. The van der Waals surface area contributed by atoms with Gasteiger partial charge in [-0.15, -0.1) is 0 Å². The summed E-state index contributed by atoms with van der Waals surface area (Å²) in [6.45, 7) is 8.40. The Kier molecular flexibility index (Phi) is 5.99. The maximum atomic E-state index is 12.5. The van der Waals surface area contributed by atoms with Gasteiger partial charge < -0.3 is 9.88 Å². The lowest BCUT2D eigenvalue weighted by molar-refractivity contribution is 0.579. The van der Waals surface area contributed by atoms with E-state index in [-0.39, 0.29) is 17.5 Å². The van der Waals surface area contributed by atoms with E-state index in [2.05, 4.69) is 30.0 Å². The van der Waals surface area contributed by atoms with Crippen molar-refractivity contribution in [1.29, 1.82) is 0 Å². The lowest BCUT2D eigenvalue weighted by Crippen LogP contribution is -2.29. The standard InChI is InChI=1S/C18H26N8O2S/c1-12(2)18-24-17(9-25(18)5)29(27,28)23-7-6-19-15-8-16(21-10-20-15)26-11-22-13(3)14(26)4/h8-12,23H,6-7H2,1-5H3,(H,19,20,21). The Hall–Kier alpha value is -2.79. The summed E-state index contributed by atoms with van der Waals surface area (Å²) in [6, 6.07) is 1.79. The highest BCUT2D eigenvalue weighted by Crippen LogP contribution is 2.16. The van der Waals surface area contributed by atoms with Gasteiger partial charge in [-0.25, -0.2) is 33.1 Å². The topological polar surface area (TPSA) is 120 Å².